The van der Waals surface area contributed by atoms with Crippen molar-refractivity contribution in [1.82, 2.24) is 15.1 Å². The third-order valence-electron chi connectivity index (χ3n) is 5.38. The van der Waals surface area contributed by atoms with Crippen molar-refractivity contribution in [3.05, 3.63) is 71.5 Å². The van der Waals surface area contributed by atoms with Gasteiger partial charge in [-0.15, -0.1) is 0 Å². The van der Waals surface area contributed by atoms with Crippen LogP contribution in [0.1, 0.15) is 17.0 Å². The molecule has 1 aliphatic rings. The Hall–Kier alpha value is -3.61. The van der Waals surface area contributed by atoms with E-state index in [1.807, 2.05) is 67.1 Å². The molecule has 2 heterocycles. The van der Waals surface area contributed by atoms with Gasteiger partial charge in [-0.2, -0.15) is 5.10 Å². The summed E-state index contributed by atoms with van der Waals surface area (Å²) >= 11 is 0. The molecule has 0 bridgehead atoms. The van der Waals surface area contributed by atoms with Gasteiger partial charge in [0.1, 0.15) is 5.75 Å². The van der Waals surface area contributed by atoms with Crippen LogP contribution in [0.2, 0.25) is 0 Å². The van der Waals surface area contributed by atoms with Crippen molar-refractivity contribution in [3.63, 3.8) is 0 Å². The zero-order valence-corrected chi connectivity index (χ0v) is 17.3. The molecule has 0 spiro atoms. The molecule has 2 aromatic carbocycles. The molecule has 154 valence electrons. The summed E-state index contributed by atoms with van der Waals surface area (Å²) in [4.78, 5) is 27.2. The summed E-state index contributed by atoms with van der Waals surface area (Å²) in [6.07, 6.45) is -0.553. The zero-order chi connectivity index (χ0) is 21.3. The van der Waals surface area contributed by atoms with Crippen LogP contribution in [0.4, 0.5) is 5.69 Å². The molecule has 4 rings (SSSR count). The van der Waals surface area contributed by atoms with E-state index in [2.05, 4.69) is 10.4 Å². The van der Waals surface area contributed by atoms with Crippen molar-refractivity contribution >= 4 is 17.5 Å². The minimum Gasteiger partial charge on any atom is -0.477 e. The summed E-state index contributed by atoms with van der Waals surface area (Å²) < 4.78 is 7.66. The van der Waals surface area contributed by atoms with Crippen molar-refractivity contribution in [3.8, 4) is 11.4 Å². The first kappa shape index (κ1) is 19.7. The standard InChI is InChI=1S/C23H24N4O3/c1-15-18(16(2)27(25-15)17-9-5-4-6-10-17)13-22(28)26-14-21(23(29)24-3)30-20-12-8-7-11-19(20)26/h4-12,21H,13-14H2,1-3H3,(H,24,29)/t21-/m0/s1. The second-order valence-electron chi connectivity index (χ2n) is 7.27. The normalized spacial score (nSPS) is 15.3. The molecular formula is C23H24N4O3. The lowest BCUT2D eigenvalue weighted by Crippen LogP contribution is -2.50. The van der Waals surface area contributed by atoms with Crippen LogP contribution in [0.15, 0.2) is 54.6 Å². The Morgan fingerprint density at radius 1 is 1.10 bits per heavy atom. The quantitative estimate of drug-likeness (QED) is 0.725. The number of benzene rings is 2. The molecule has 0 saturated carbocycles. The van der Waals surface area contributed by atoms with Gasteiger partial charge >= 0.3 is 0 Å². The summed E-state index contributed by atoms with van der Waals surface area (Å²) in [5, 5.41) is 7.24. The van der Waals surface area contributed by atoms with Crippen LogP contribution in [0.25, 0.3) is 5.69 Å². The van der Waals surface area contributed by atoms with Gasteiger partial charge in [0.2, 0.25) is 5.91 Å². The fraction of sp³-hybridized carbons (Fsp3) is 0.261. The number of likely N-dealkylation sites (N-methyl/N-ethyl adjacent to an activating group) is 1. The molecule has 3 aromatic rings. The summed E-state index contributed by atoms with van der Waals surface area (Å²) in [6, 6.07) is 17.1. The maximum Gasteiger partial charge on any atom is 0.262 e. The van der Waals surface area contributed by atoms with E-state index in [1.165, 1.54) is 0 Å². The Kier molecular flexibility index (Phi) is 5.27. The SMILES string of the molecule is CNC(=O)[C@@H]1CN(C(=O)Cc2c(C)nn(-c3ccccc3)c2C)c2ccccc2O1. The van der Waals surface area contributed by atoms with Gasteiger partial charge in [-0.05, 0) is 38.1 Å². The van der Waals surface area contributed by atoms with Crippen LogP contribution >= 0.6 is 0 Å². The number of hydrogen-bond donors (Lipinski definition) is 1. The number of aromatic nitrogens is 2. The number of hydrogen-bond acceptors (Lipinski definition) is 4. The molecule has 7 nitrogen and oxygen atoms in total. The highest BCUT2D eigenvalue weighted by Gasteiger charge is 2.33. The number of amides is 2. The van der Waals surface area contributed by atoms with E-state index in [4.69, 9.17) is 4.74 Å². The smallest absolute Gasteiger partial charge is 0.262 e. The molecule has 1 aromatic heterocycles. The number of ether oxygens (including phenoxy) is 1. The summed E-state index contributed by atoms with van der Waals surface area (Å²) in [5.41, 5.74) is 4.26. The van der Waals surface area contributed by atoms with Gasteiger partial charge in [0, 0.05) is 18.3 Å². The molecule has 1 atom stereocenters. The van der Waals surface area contributed by atoms with Crippen LogP contribution in [-0.4, -0.2) is 41.3 Å². The molecule has 30 heavy (non-hydrogen) atoms. The van der Waals surface area contributed by atoms with E-state index in [9.17, 15) is 9.59 Å². The van der Waals surface area contributed by atoms with E-state index in [0.717, 1.165) is 22.6 Å². The number of para-hydroxylation sites is 3. The van der Waals surface area contributed by atoms with E-state index in [1.54, 1.807) is 18.0 Å². The van der Waals surface area contributed by atoms with Crippen LogP contribution < -0.4 is 15.0 Å². The molecular weight excluding hydrogens is 380 g/mol. The lowest BCUT2D eigenvalue weighted by atomic mass is 10.1. The molecule has 0 unspecified atom stereocenters. The number of fused-ring (bicyclic) bond motifs is 1. The van der Waals surface area contributed by atoms with E-state index < -0.39 is 6.10 Å². The van der Waals surface area contributed by atoms with E-state index in [0.29, 0.717) is 11.4 Å². The Morgan fingerprint density at radius 3 is 2.53 bits per heavy atom. The number of carbonyl (C=O) groups excluding carboxylic acids is 2. The van der Waals surface area contributed by atoms with Crippen molar-refractivity contribution in [2.24, 2.45) is 0 Å². The Bertz CT molecular complexity index is 1090. The average molecular weight is 404 g/mol. The highest BCUT2D eigenvalue weighted by Crippen LogP contribution is 2.34. The predicted octanol–water partition coefficient (Wildman–Crippen LogP) is 2.57. The predicted molar refractivity (Wildman–Crippen MR) is 114 cm³/mol. The maximum atomic E-state index is 13.3. The van der Waals surface area contributed by atoms with Crippen LogP contribution in [0, 0.1) is 13.8 Å². The third kappa shape index (κ3) is 3.54. The fourth-order valence-corrected chi connectivity index (χ4v) is 3.77. The first-order valence-corrected chi connectivity index (χ1v) is 9.87. The number of nitrogens with one attached hydrogen (secondary N) is 1. The lowest BCUT2D eigenvalue weighted by molar-refractivity contribution is -0.127. The lowest BCUT2D eigenvalue weighted by Gasteiger charge is -2.34. The molecule has 7 heteroatoms. The fourth-order valence-electron chi connectivity index (χ4n) is 3.77. The second-order valence-corrected chi connectivity index (χ2v) is 7.27. The molecule has 0 saturated heterocycles. The van der Waals surface area contributed by atoms with Gasteiger partial charge in [0.15, 0.2) is 6.10 Å². The van der Waals surface area contributed by atoms with Crippen molar-refractivity contribution in [2.75, 3.05) is 18.5 Å². The van der Waals surface area contributed by atoms with Crippen molar-refractivity contribution < 1.29 is 14.3 Å². The van der Waals surface area contributed by atoms with Gasteiger partial charge in [-0.1, -0.05) is 30.3 Å². The summed E-state index contributed by atoms with van der Waals surface area (Å²) in [7, 11) is 1.56. The number of rotatable bonds is 4. The van der Waals surface area contributed by atoms with Crippen LogP contribution in [-0.2, 0) is 16.0 Å². The van der Waals surface area contributed by atoms with E-state index >= 15 is 0 Å². The number of carbonyl (C=O) groups is 2. The molecule has 0 fully saturated rings. The average Bonchev–Trinajstić information content (AvgIpc) is 3.06. The Morgan fingerprint density at radius 2 is 1.80 bits per heavy atom. The largest absolute Gasteiger partial charge is 0.477 e. The third-order valence-corrected chi connectivity index (χ3v) is 5.38. The maximum absolute atomic E-state index is 13.3. The second kappa shape index (κ2) is 8.02. The van der Waals surface area contributed by atoms with Crippen LogP contribution in [0.3, 0.4) is 0 Å². The molecule has 0 aliphatic carbocycles. The topological polar surface area (TPSA) is 76.5 Å². The van der Waals surface area contributed by atoms with Gasteiger partial charge in [0.05, 0.1) is 30.0 Å². The Balaban J connectivity index is 1.64. The molecule has 2 amide bonds. The first-order chi connectivity index (χ1) is 14.5. The molecule has 0 radical (unpaired) electrons. The minimum atomic E-state index is -0.747. The highest BCUT2D eigenvalue weighted by atomic mass is 16.5. The Labute approximate surface area is 175 Å². The van der Waals surface area contributed by atoms with E-state index in [-0.39, 0.29) is 24.8 Å². The molecule has 1 N–H and O–H groups in total. The highest BCUT2D eigenvalue weighted by molar-refractivity contribution is 5.98. The molecule has 1 aliphatic heterocycles. The van der Waals surface area contributed by atoms with Gasteiger partial charge in [-0.25, -0.2) is 4.68 Å². The number of aryl methyl sites for hydroxylation is 1. The van der Waals surface area contributed by atoms with Crippen LogP contribution in [0.5, 0.6) is 5.75 Å². The van der Waals surface area contributed by atoms with Crippen molar-refractivity contribution in [2.45, 2.75) is 26.4 Å². The first-order valence-electron chi connectivity index (χ1n) is 9.87. The van der Waals surface area contributed by atoms with Gasteiger partial charge < -0.3 is 15.0 Å². The minimum absolute atomic E-state index is 0.0986. The summed E-state index contributed by atoms with van der Waals surface area (Å²) in [6.45, 7) is 4.05. The number of nitrogens with zero attached hydrogens (tertiary/aromatic N) is 3. The number of anilines is 1. The van der Waals surface area contributed by atoms with Gasteiger partial charge in [-0.3, -0.25) is 9.59 Å². The summed E-state index contributed by atoms with van der Waals surface area (Å²) in [5.74, 6) is 0.171. The van der Waals surface area contributed by atoms with Gasteiger partial charge in [0.25, 0.3) is 5.91 Å². The monoisotopic (exact) mass is 404 g/mol. The zero-order valence-electron chi connectivity index (χ0n) is 17.3. The van der Waals surface area contributed by atoms with Crippen molar-refractivity contribution in [1.29, 1.82) is 0 Å².